The first-order valence-corrected chi connectivity index (χ1v) is 9.61. The molecule has 2 atom stereocenters. The van der Waals surface area contributed by atoms with E-state index in [9.17, 15) is 4.79 Å². The largest absolute Gasteiger partial charge is 0.335 e. The maximum absolute atomic E-state index is 13.2. The molecule has 0 aromatic carbocycles. The fourth-order valence-electron chi connectivity index (χ4n) is 4.11. The summed E-state index contributed by atoms with van der Waals surface area (Å²) in [5.41, 5.74) is 0.797. The second kappa shape index (κ2) is 6.59. The molecule has 1 amide bonds. The highest BCUT2D eigenvalue weighted by Crippen LogP contribution is 2.37. The minimum absolute atomic E-state index is 0.156. The SMILES string of the molecule is Cc1nc(-c2ncccn2)sc1C(=O)N1CCC[C@H]2CCCC[C@@H]21. The van der Waals surface area contributed by atoms with Crippen molar-refractivity contribution in [3.63, 3.8) is 0 Å². The Morgan fingerprint density at radius 2 is 1.92 bits per heavy atom. The summed E-state index contributed by atoms with van der Waals surface area (Å²) in [6, 6.07) is 2.21. The van der Waals surface area contributed by atoms with E-state index in [-0.39, 0.29) is 5.91 Å². The van der Waals surface area contributed by atoms with E-state index in [1.165, 1.54) is 37.0 Å². The third kappa shape index (κ3) is 2.83. The van der Waals surface area contributed by atoms with Gasteiger partial charge < -0.3 is 4.90 Å². The highest BCUT2D eigenvalue weighted by atomic mass is 32.1. The van der Waals surface area contributed by atoms with E-state index in [0.717, 1.165) is 35.0 Å². The summed E-state index contributed by atoms with van der Waals surface area (Å²) in [5.74, 6) is 1.45. The van der Waals surface area contributed by atoms with Gasteiger partial charge >= 0.3 is 0 Å². The fraction of sp³-hybridized carbons (Fsp3) is 0.556. The lowest BCUT2D eigenvalue weighted by Gasteiger charge is -2.44. The summed E-state index contributed by atoms with van der Waals surface area (Å²) in [4.78, 5) is 29.1. The molecule has 1 saturated carbocycles. The van der Waals surface area contributed by atoms with Crippen LogP contribution in [-0.4, -0.2) is 38.3 Å². The number of carbonyl (C=O) groups is 1. The number of amides is 1. The first-order valence-electron chi connectivity index (χ1n) is 8.80. The van der Waals surface area contributed by atoms with Gasteiger partial charge in [0.25, 0.3) is 5.91 Å². The molecule has 1 aliphatic carbocycles. The Morgan fingerprint density at radius 3 is 2.75 bits per heavy atom. The lowest BCUT2D eigenvalue weighted by atomic mass is 9.78. The van der Waals surface area contributed by atoms with Crippen molar-refractivity contribution in [2.24, 2.45) is 5.92 Å². The van der Waals surface area contributed by atoms with Gasteiger partial charge in [0.2, 0.25) is 0 Å². The van der Waals surface area contributed by atoms with E-state index in [2.05, 4.69) is 19.9 Å². The number of aromatic nitrogens is 3. The summed E-state index contributed by atoms with van der Waals surface area (Å²) in [5, 5.41) is 0.730. The number of thiazole rings is 1. The van der Waals surface area contributed by atoms with Crippen LogP contribution in [-0.2, 0) is 0 Å². The number of aryl methyl sites for hydroxylation is 1. The Kier molecular flexibility index (Phi) is 4.31. The van der Waals surface area contributed by atoms with Crippen LogP contribution >= 0.6 is 11.3 Å². The average molecular weight is 342 g/mol. The van der Waals surface area contributed by atoms with Crippen LogP contribution in [0.25, 0.3) is 10.8 Å². The number of rotatable bonds is 2. The van der Waals surface area contributed by atoms with Crippen molar-refractivity contribution >= 4 is 17.2 Å². The molecule has 1 aliphatic heterocycles. The summed E-state index contributed by atoms with van der Waals surface area (Å²) >= 11 is 1.43. The molecule has 0 radical (unpaired) electrons. The second-order valence-corrected chi connectivity index (χ2v) is 7.76. The van der Waals surface area contributed by atoms with E-state index in [1.807, 2.05) is 6.92 Å². The van der Waals surface area contributed by atoms with E-state index in [4.69, 9.17) is 0 Å². The minimum Gasteiger partial charge on any atom is -0.335 e. The Hall–Kier alpha value is -1.82. The molecule has 0 spiro atoms. The molecule has 5 nitrogen and oxygen atoms in total. The van der Waals surface area contributed by atoms with Gasteiger partial charge in [0.1, 0.15) is 4.88 Å². The van der Waals surface area contributed by atoms with Crippen molar-refractivity contribution in [2.45, 2.75) is 51.5 Å². The molecule has 6 heteroatoms. The number of fused-ring (bicyclic) bond motifs is 1. The van der Waals surface area contributed by atoms with Crippen LogP contribution in [0.2, 0.25) is 0 Å². The van der Waals surface area contributed by atoms with Gasteiger partial charge in [0, 0.05) is 25.0 Å². The van der Waals surface area contributed by atoms with Crippen molar-refractivity contribution in [3.05, 3.63) is 29.0 Å². The molecular weight excluding hydrogens is 320 g/mol. The molecule has 2 aromatic heterocycles. The highest BCUT2D eigenvalue weighted by Gasteiger charge is 2.37. The third-order valence-electron chi connectivity index (χ3n) is 5.25. The number of nitrogens with zero attached hydrogens (tertiary/aromatic N) is 4. The van der Waals surface area contributed by atoms with E-state index in [1.54, 1.807) is 18.5 Å². The van der Waals surface area contributed by atoms with Gasteiger partial charge in [-0.1, -0.05) is 12.8 Å². The van der Waals surface area contributed by atoms with Crippen molar-refractivity contribution in [3.8, 4) is 10.8 Å². The molecule has 2 aliphatic rings. The van der Waals surface area contributed by atoms with Crippen LogP contribution < -0.4 is 0 Å². The predicted octanol–water partition coefficient (Wildman–Crippen LogP) is 3.70. The standard InChI is InChI=1S/C18H22N4OS/c1-12-15(24-17(21-12)16-19-9-5-10-20-16)18(23)22-11-4-7-13-6-2-3-8-14(13)22/h5,9-10,13-14H,2-4,6-8,11H2,1H3/t13-,14+/m1/s1. The topological polar surface area (TPSA) is 59.0 Å². The Morgan fingerprint density at radius 1 is 1.17 bits per heavy atom. The smallest absolute Gasteiger partial charge is 0.266 e. The van der Waals surface area contributed by atoms with Gasteiger partial charge in [-0.15, -0.1) is 11.3 Å². The lowest BCUT2D eigenvalue weighted by molar-refractivity contribution is 0.0394. The molecule has 4 rings (SSSR count). The van der Waals surface area contributed by atoms with Gasteiger partial charge in [0.05, 0.1) is 5.69 Å². The monoisotopic (exact) mass is 342 g/mol. The molecule has 0 N–H and O–H groups in total. The summed E-state index contributed by atoms with van der Waals surface area (Å²) in [6.45, 7) is 2.80. The van der Waals surface area contributed by atoms with Crippen molar-refractivity contribution in [1.82, 2.24) is 19.9 Å². The van der Waals surface area contributed by atoms with E-state index in [0.29, 0.717) is 17.8 Å². The normalized spacial score (nSPS) is 23.8. The maximum atomic E-state index is 13.2. The number of hydrogen-bond donors (Lipinski definition) is 0. The zero-order chi connectivity index (χ0) is 16.5. The number of likely N-dealkylation sites (tertiary alicyclic amines) is 1. The maximum Gasteiger partial charge on any atom is 0.266 e. The van der Waals surface area contributed by atoms with E-state index >= 15 is 0 Å². The molecule has 1 saturated heterocycles. The molecule has 2 fully saturated rings. The quantitative estimate of drug-likeness (QED) is 0.835. The Bertz CT molecular complexity index is 728. The Balaban J connectivity index is 1.61. The number of piperidine rings is 1. The molecule has 126 valence electrons. The lowest BCUT2D eigenvalue weighted by Crippen LogP contribution is -2.49. The zero-order valence-corrected chi connectivity index (χ0v) is 14.8. The highest BCUT2D eigenvalue weighted by molar-refractivity contribution is 7.17. The molecule has 0 bridgehead atoms. The van der Waals surface area contributed by atoms with Gasteiger partial charge in [-0.25, -0.2) is 15.0 Å². The van der Waals surface area contributed by atoms with Gasteiger partial charge in [-0.3, -0.25) is 4.79 Å². The first kappa shape index (κ1) is 15.7. The second-order valence-electron chi connectivity index (χ2n) is 6.76. The average Bonchev–Trinajstić information content (AvgIpc) is 3.03. The van der Waals surface area contributed by atoms with Crippen LogP contribution in [0.4, 0.5) is 0 Å². The first-order chi connectivity index (χ1) is 11.7. The number of hydrogen-bond acceptors (Lipinski definition) is 5. The minimum atomic E-state index is 0.156. The van der Waals surface area contributed by atoms with Crippen LogP contribution in [0.1, 0.15) is 53.9 Å². The van der Waals surface area contributed by atoms with Crippen LogP contribution in [0.15, 0.2) is 18.5 Å². The number of carbonyl (C=O) groups excluding carboxylic acids is 1. The third-order valence-corrected chi connectivity index (χ3v) is 6.39. The molecular formula is C18H22N4OS. The van der Waals surface area contributed by atoms with Crippen molar-refractivity contribution in [2.75, 3.05) is 6.54 Å². The zero-order valence-electron chi connectivity index (χ0n) is 13.9. The molecule has 0 unspecified atom stereocenters. The molecule has 3 heterocycles. The van der Waals surface area contributed by atoms with Crippen molar-refractivity contribution in [1.29, 1.82) is 0 Å². The van der Waals surface area contributed by atoms with Crippen LogP contribution in [0.3, 0.4) is 0 Å². The molecule has 24 heavy (non-hydrogen) atoms. The van der Waals surface area contributed by atoms with E-state index < -0.39 is 0 Å². The van der Waals surface area contributed by atoms with Crippen LogP contribution in [0.5, 0.6) is 0 Å². The van der Waals surface area contributed by atoms with Crippen molar-refractivity contribution < 1.29 is 4.79 Å². The molecule has 2 aromatic rings. The van der Waals surface area contributed by atoms with Gasteiger partial charge in [-0.2, -0.15) is 0 Å². The predicted molar refractivity (Wildman–Crippen MR) is 93.9 cm³/mol. The summed E-state index contributed by atoms with van der Waals surface area (Å²) in [6.07, 6.45) is 10.8. The fourth-order valence-corrected chi connectivity index (χ4v) is 5.08. The summed E-state index contributed by atoms with van der Waals surface area (Å²) in [7, 11) is 0. The summed E-state index contributed by atoms with van der Waals surface area (Å²) < 4.78 is 0. The Labute approximate surface area is 146 Å². The van der Waals surface area contributed by atoms with Crippen LogP contribution in [0, 0.1) is 12.8 Å². The van der Waals surface area contributed by atoms with Gasteiger partial charge in [-0.05, 0) is 44.6 Å². The van der Waals surface area contributed by atoms with Gasteiger partial charge in [0.15, 0.2) is 10.8 Å².